The number of anilines is 1. The second-order valence-electron chi connectivity index (χ2n) is 9.88. The number of ether oxygens (including phenoxy) is 1. The van der Waals surface area contributed by atoms with Crippen molar-refractivity contribution in [2.45, 2.75) is 62.9 Å². The van der Waals surface area contributed by atoms with Crippen LogP contribution < -0.4 is 9.64 Å². The van der Waals surface area contributed by atoms with Gasteiger partial charge in [-0.05, 0) is 60.8 Å². The van der Waals surface area contributed by atoms with Gasteiger partial charge in [0.1, 0.15) is 11.9 Å². The highest BCUT2D eigenvalue weighted by Gasteiger charge is 2.46. The Kier molecular flexibility index (Phi) is 5.69. The third kappa shape index (κ3) is 3.92. The Bertz CT molecular complexity index is 1060. The zero-order chi connectivity index (χ0) is 23.0. The lowest BCUT2D eigenvalue weighted by Crippen LogP contribution is -2.56. The standard InChI is InChI=1S/C26H31N5O2/c1-18-12-21-16-30(17-22(18)31(21)23-5-4-19(14-27)15-29-23)25(32)6-10-26(8-3-9-26)20-7-11-28-24(13-20)33-2/h4-5,7,11,13,15,18,21-22H,3,6,8-10,12,16-17H2,1-2H3/t18-,21?,22?/m0/s1. The molecule has 1 amide bonds. The molecule has 1 aliphatic carbocycles. The largest absolute Gasteiger partial charge is 0.481 e. The minimum atomic E-state index is 0.0758. The summed E-state index contributed by atoms with van der Waals surface area (Å²) in [5.41, 5.74) is 1.90. The first-order chi connectivity index (χ1) is 16.0. The van der Waals surface area contributed by atoms with E-state index in [1.807, 2.05) is 24.4 Å². The van der Waals surface area contributed by atoms with Crippen LogP contribution >= 0.6 is 0 Å². The van der Waals surface area contributed by atoms with E-state index in [4.69, 9.17) is 10.00 Å². The van der Waals surface area contributed by atoms with Crippen LogP contribution in [0.4, 0.5) is 5.82 Å². The SMILES string of the molecule is COc1cc(C2(CCC(=O)N3CC4C[C@H](C)C(C3)N4c3ccc(C#N)cn3)CCC2)ccn1. The monoisotopic (exact) mass is 445 g/mol. The van der Waals surface area contributed by atoms with Crippen LogP contribution in [-0.4, -0.2) is 53.1 Å². The van der Waals surface area contributed by atoms with E-state index in [0.717, 1.165) is 44.6 Å². The first kappa shape index (κ1) is 21.7. The smallest absolute Gasteiger partial charge is 0.222 e. The van der Waals surface area contributed by atoms with Gasteiger partial charge in [-0.15, -0.1) is 0 Å². The van der Waals surface area contributed by atoms with E-state index in [9.17, 15) is 4.79 Å². The van der Waals surface area contributed by atoms with Crippen LogP contribution in [0.2, 0.25) is 0 Å². The number of carbonyl (C=O) groups is 1. The van der Waals surface area contributed by atoms with Gasteiger partial charge in [-0.1, -0.05) is 13.3 Å². The van der Waals surface area contributed by atoms with E-state index in [0.29, 0.717) is 23.8 Å². The fourth-order valence-electron chi connectivity index (χ4n) is 6.04. The molecule has 2 unspecified atom stereocenters. The van der Waals surface area contributed by atoms with Crippen molar-refractivity contribution in [2.75, 3.05) is 25.1 Å². The molecular weight excluding hydrogens is 414 g/mol. The maximum atomic E-state index is 13.3. The van der Waals surface area contributed by atoms with Crippen molar-refractivity contribution < 1.29 is 9.53 Å². The fraction of sp³-hybridized carbons (Fsp3) is 0.538. The number of piperazine rings is 1. The number of amides is 1. The third-order valence-electron chi connectivity index (χ3n) is 8.07. The quantitative estimate of drug-likeness (QED) is 0.675. The van der Waals surface area contributed by atoms with Crippen LogP contribution in [0.1, 0.15) is 56.6 Å². The maximum Gasteiger partial charge on any atom is 0.222 e. The number of pyridine rings is 2. The Hall–Kier alpha value is -3.14. The van der Waals surface area contributed by atoms with E-state index >= 15 is 0 Å². The zero-order valence-corrected chi connectivity index (χ0v) is 19.4. The second kappa shape index (κ2) is 8.66. The number of nitrogens with zero attached hydrogens (tertiary/aromatic N) is 5. The second-order valence-corrected chi connectivity index (χ2v) is 9.88. The average molecular weight is 446 g/mol. The lowest BCUT2D eigenvalue weighted by molar-refractivity contribution is -0.132. The van der Waals surface area contributed by atoms with Crippen LogP contribution in [0, 0.1) is 17.2 Å². The highest BCUT2D eigenvalue weighted by atomic mass is 16.5. The number of carbonyl (C=O) groups excluding carboxylic acids is 1. The fourth-order valence-corrected chi connectivity index (χ4v) is 6.04. The molecule has 172 valence electrons. The predicted octanol–water partition coefficient (Wildman–Crippen LogP) is 3.68. The molecule has 7 nitrogen and oxygen atoms in total. The van der Waals surface area contributed by atoms with Crippen LogP contribution in [0.25, 0.3) is 0 Å². The zero-order valence-electron chi connectivity index (χ0n) is 19.4. The first-order valence-electron chi connectivity index (χ1n) is 12.0. The predicted molar refractivity (Wildman–Crippen MR) is 125 cm³/mol. The number of aromatic nitrogens is 2. The van der Waals surface area contributed by atoms with E-state index in [2.05, 4.69) is 38.8 Å². The van der Waals surface area contributed by atoms with Gasteiger partial charge in [0, 0.05) is 44.0 Å². The van der Waals surface area contributed by atoms with Crippen molar-refractivity contribution in [3.8, 4) is 11.9 Å². The minimum absolute atomic E-state index is 0.0758. The molecule has 3 fully saturated rings. The molecular formula is C26H31N5O2. The minimum Gasteiger partial charge on any atom is -0.481 e. The van der Waals surface area contributed by atoms with E-state index in [-0.39, 0.29) is 23.4 Å². The molecule has 2 aromatic rings. The molecule has 0 aromatic carbocycles. The number of rotatable bonds is 6. The molecule has 0 radical (unpaired) electrons. The maximum absolute atomic E-state index is 13.3. The molecule has 3 aliphatic rings. The summed E-state index contributed by atoms with van der Waals surface area (Å²) in [4.78, 5) is 26.6. The molecule has 2 aliphatic heterocycles. The highest BCUT2D eigenvalue weighted by molar-refractivity contribution is 5.77. The summed E-state index contributed by atoms with van der Waals surface area (Å²) in [6, 6.07) is 10.6. The average Bonchev–Trinajstić information content (AvgIpc) is 3.02. The summed E-state index contributed by atoms with van der Waals surface area (Å²) in [7, 11) is 1.64. The third-order valence-corrected chi connectivity index (χ3v) is 8.07. The number of likely N-dealkylation sites (tertiary alicyclic amines) is 1. The van der Waals surface area contributed by atoms with Crippen molar-refractivity contribution in [2.24, 2.45) is 5.92 Å². The Balaban J connectivity index is 1.25. The van der Waals surface area contributed by atoms with E-state index < -0.39 is 0 Å². The number of methoxy groups -OCH3 is 1. The van der Waals surface area contributed by atoms with Crippen molar-refractivity contribution in [1.82, 2.24) is 14.9 Å². The molecule has 5 rings (SSSR count). The first-order valence-corrected chi connectivity index (χ1v) is 12.0. The van der Waals surface area contributed by atoms with E-state index in [1.54, 1.807) is 13.3 Å². The number of hydrogen-bond acceptors (Lipinski definition) is 6. The highest BCUT2D eigenvalue weighted by Crippen LogP contribution is 2.48. The van der Waals surface area contributed by atoms with Crippen LogP contribution in [0.15, 0.2) is 36.7 Å². The topological polar surface area (TPSA) is 82.4 Å². The van der Waals surface area contributed by atoms with Gasteiger partial charge in [0.2, 0.25) is 11.8 Å². The lowest BCUT2D eigenvalue weighted by Gasteiger charge is -2.44. The molecule has 2 bridgehead atoms. The van der Waals surface area contributed by atoms with Gasteiger partial charge in [-0.2, -0.15) is 5.26 Å². The summed E-state index contributed by atoms with van der Waals surface area (Å²) >= 11 is 0. The molecule has 0 spiro atoms. The summed E-state index contributed by atoms with van der Waals surface area (Å²) in [5, 5.41) is 9.06. The molecule has 1 saturated carbocycles. The summed E-state index contributed by atoms with van der Waals surface area (Å²) in [5.74, 6) is 2.33. The molecule has 4 heterocycles. The van der Waals surface area contributed by atoms with Gasteiger partial charge in [-0.25, -0.2) is 9.97 Å². The number of fused-ring (bicyclic) bond motifs is 2. The van der Waals surface area contributed by atoms with Crippen molar-refractivity contribution in [1.29, 1.82) is 5.26 Å². The summed E-state index contributed by atoms with van der Waals surface area (Å²) in [6.45, 7) is 3.77. The van der Waals surface area contributed by atoms with Crippen molar-refractivity contribution >= 4 is 11.7 Å². The van der Waals surface area contributed by atoms with Crippen molar-refractivity contribution in [3.05, 3.63) is 47.8 Å². The normalized spacial score (nSPS) is 25.3. The molecule has 2 saturated heterocycles. The van der Waals surface area contributed by atoms with Gasteiger partial charge in [0.25, 0.3) is 0 Å². The Labute approximate surface area is 195 Å². The van der Waals surface area contributed by atoms with Crippen LogP contribution in [0.5, 0.6) is 5.88 Å². The lowest BCUT2D eigenvalue weighted by atomic mass is 9.62. The Morgan fingerprint density at radius 1 is 1.27 bits per heavy atom. The number of nitriles is 1. The van der Waals surface area contributed by atoms with Gasteiger partial charge < -0.3 is 14.5 Å². The Morgan fingerprint density at radius 3 is 2.76 bits per heavy atom. The Morgan fingerprint density at radius 2 is 2.12 bits per heavy atom. The summed E-state index contributed by atoms with van der Waals surface area (Å²) in [6.07, 6.45) is 9.42. The van der Waals surface area contributed by atoms with Gasteiger partial charge >= 0.3 is 0 Å². The molecule has 7 heteroatoms. The summed E-state index contributed by atoms with van der Waals surface area (Å²) < 4.78 is 5.33. The molecule has 2 aromatic heterocycles. The van der Waals surface area contributed by atoms with Gasteiger partial charge in [-0.3, -0.25) is 4.79 Å². The molecule has 33 heavy (non-hydrogen) atoms. The van der Waals surface area contributed by atoms with Crippen LogP contribution in [-0.2, 0) is 10.2 Å². The molecule has 0 N–H and O–H groups in total. The van der Waals surface area contributed by atoms with Crippen molar-refractivity contribution in [3.63, 3.8) is 0 Å². The van der Waals surface area contributed by atoms with Crippen LogP contribution in [0.3, 0.4) is 0 Å². The number of hydrogen-bond donors (Lipinski definition) is 0. The molecule has 3 atom stereocenters. The van der Waals surface area contributed by atoms with Gasteiger partial charge in [0.05, 0.1) is 18.7 Å². The van der Waals surface area contributed by atoms with Gasteiger partial charge in [0.15, 0.2) is 0 Å². The van der Waals surface area contributed by atoms with E-state index in [1.165, 1.54) is 12.0 Å².